The van der Waals surface area contributed by atoms with Crippen molar-refractivity contribution in [2.45, 2.75) is 43.5 Å². The number of rotatable bonds is 6. The highest BCUT2D eigenvalue weighted by Gasteiger charge is 2.48. The molecular weight excluding hydrogens is 540 g/mol. The number of carbonyl (C=O) groups excluding carboxylic acids is 1. The molecule has 2 heterocycles. The van der Waals surface area contributed by atoms with E-state index >= 15 is 4.39 Å². The third-order valence-corrected chi connectivity index (χ3v) is 9.84. The van der Waals surface area contributed by atoms with Crippen molar-refractivity contribution >= 4 is 32.7 Å². The van der Waals surface area contributed by atoms with E-state index < -0.39 is 21.7 Å². The van der Waals surface area contributed by atoms with Crippen molar-refractivity contribution in [1.82, 2.24) is 19.2 Å². The van der Waals surface area contributed by atoms with Crippen LogP contribution in [0.2, 0.25) is 0 Å². The lowest BCUT2D eigenvalue weighted by Crippen LogP contribution is -2.51. The molecule has 0 spiro atoms. The average Bonchev–Trinajstić information content (AvgIpc) is 3.34. The summed E-state index contributed by atoms with van der Waals surface area (Å²) in [7, 11) is -2.87. The Morgan fingerprint density at radius 3 is 2.48 bits per heavy atom. The van der Waals surface area contributed by atoms with Crippen LogP contribution in [0.25, 0.3) is 22.3 Å². The molecule has 2 bridgehead atoms. The second kappa shape index (κ2) is 9.92. The standard InChI is InChI=1S/C28H27F2N5O4S/c1-15-3-9-19(10-4-15)40(37,38)35-14-21(20-11-18(29)12-22(30)26(20)35)27-33-23(13-31-34-27)32-25-17-7-5-16(6-8-17)24(25)28(36)39-2/h3-4,9-14,16-17,24-25H,5-8H2,1-2H3,(H,32,33,34)/t16?,17?,24-,25-/m1/s1. The predicted octanol–water partition coefficient (Wildman–Crippen LogP) is 4.71. The van der Waals surface area contributed by atoms with Crippen LogP contribution in [0.15, 0.2) is 53.7 Å². The van der Waals surface area contributed by atoms with Gasteiger partial charge in [0.25, 0.3) is 10.0 Å². The minimum Gasteiger partial charge on any atom is -0.469 e. The lowest BCUT2D eigenvalue weighted by Gasteiger charge is -2.47. The van der Waals surface area contributed by atoms with Crippen LogP contribution in [0.5, 0.6) is 0 Å². The quantitative estimate of drug-likeness (QED) is 0.333. The molecular formula is C28H27F2N5O4S. The van der Waals surface area contributed by atoms with E-state index in [4.69, 9.17) is 4.74 Å². The Labute approximate surface area is 229 Å². The Hall–Kier alpha value is -3.93. The summed E-state index contributed by atoms with van der Waals surface area (Å²) in [6.45, 7) is 1.82. The molecule has 12 heteroatoms. The third-order valence-electron chi connectivity index (χ3n) is 8.17. The molecule has 0 aliphatic heterocycles. The number of hydrogen-bond acceptors (Lipinski definition) is 8. The van der Waals surface area contributed by atoms with Crippen molar-refractivity contribution in [1.29, 1.82) is 0 Å². The van der Waals surface area contributed by atoms with Crippen molar-refractivity contribution in [3.8, 4) is 11.4 Å². The van der Waals surface area contributed by atoms with E-state index in [2.05, 4.69) is 20.5 Å². The topological polar surface area (TPSA) is 116 Å². The zero-order chi connectivity index (χ0) is 28.2. The van der Waals surface area contributed by atoms with E-state index in [1.807, 2.05) is 6.92 Å². The van der Waals surface area contributed by atoms with Crippen LogP contribution in [0.4, 0.5) is 14.6 Å². The Kier molecular flexibility index (Phi) is 6.52. The van der Waals surface area contributed by atoms with Gasteiger partial charge in [-0.3, -0.25) is 4.79 Å². The summed E-state index contributed by atoms with van der Waals surface area (Å²) in [4.78, 5) is 17.1. The molecule has 40 heavy (non-hydrogen) atoms. The largest absolute Gasteiger partial charge is 0.469 e. The summed E-state index contributed by atoms with van der Waals surface area (Å²) in [5.41, 5.74) is 0.624. The smallest absolute Gasteiger partial charge is 0.311 e. The first-order valence-corrected chi connectivity index (χ1v) is 14.5. The highest BCUT2D eigenvalue weighted by atomic mass is 32.2. The molecule has 3 aliphatic carbocycles. The van der Waals surface area contributed by atoms with Gasteiger partial charge >= 0.3 is 5.97 Å². The van der Waals surface area contributed by atoms with Gasteiger partial charge in [0, 0.05) is 29.3 Å². The number of hydrogen-bond donors (Lipinski definition) is 1. The van der Waals surface area contributed by atoms with Crippen molar-refractivity contribution in [3.63, 3.8) is 0 Å². The van der Waals surface area contributed by atoms with Gasteiger partial charge < -0.3 is 10.1 Å². The van der Waals surface area contributed by atoms with Gasteiger partial charge in [0.05, 0.1) is 24.1 Å². The van der Waals surface area contributed by atoms with E-state index in [0.717, 1.165) is 41.3 Å². The van der Waals surface area contributed by atoms with Gasteiger partial charge in [-0.25, -0.2) is 26.2 Å². The highest BCUT2D eigenvalue weighted by molar-refractivity contribution is 7.90. The van der Waals surface area contributed by atoms with Gasteiger partial charge in [-0.05, 0) is 62.6 Å². The van der Waals surface area contributed by atoms with Crippen molar-refractivity contribution < 1.29 is 26.7 Å². The number of methoxy groups -OCH3 is 1. The number of nitrogens with one attached hydrogen (secondary N) is 1. The number of halogens is 2. The fourth-order valence-electron chi connectivity index (χ4n) is 6.23. The van der Waals surface area contributed by atoms with Crippen molar-refractivity contribution in [3.05, 3.63) is 66.0 Å². The fourth-order valence-corrected chi connectivity index (χ4v) is 7.61. The van der Waals surface area contributed by atoms with Crippen LogP contribution < -0.4 is 5.32 Å². The lowest BCUT2D eigenvalue weighted by atomic mass is 9.61. The minimum absolute atomic E-state index is 0.0173. The first-order chi connectivity index (χ1) is 19.2. The molecule has 3 fully saturated rings. The van der Waals surface area contributed by atoms with E-state index in [9.17, 15) is 17.6 Å². The monoisotopic (exact) mass is 567 g/mol. The molecule has 4 aromatic rings. The maximum atomic E-state index is 15.1. The number of esters is 1. The summed E-state index contributed by atoms with van der Waals surface area (Å²) in [6, 6.07) is 7.59. The number of nitrogens with zero attached hydrogens (tertiary/aromatic N) is 4. The summed E-state index contributed by atoms with van der Waals surface area (Å²) in [6.07, 6.45) is 6.46. The second-order valence-corrected chi connectivity index (χ2v) is 12.3. The maximum absolute atomic E-state index is 15.1. The molecule has 208 valence electrons. The number of carbonyl (C=O) groups is 1. The Morgan fingerprint density at radius 2 is 1.77 bits per heavy atom. The van der Waals surface area contributed by atoms with Gasteiger partial charge in [-0.2, -0.15) is 5.10 Å². The SMILES string of the molecule is COC(=O)[C@@H]1C2CCC(CC2)[C@H]1Nc1cnnc(-c2cn(S(=O)(=O)c3ccc(C)cc3)c3c(F)cc(F)cc23)n1. The number of benzene rings is 2. The summed E-state index contributed by atoms with van der Waals surface area (Å²) < 4.78 is 62.5. The number of ether oxygens (including phenoxy) is 1. The van der Waals surface area contributed by atoms with Crippen LogP contribution in [-0.4, -0.2) is 46.7 Å². The molecule has 3 aliphatic rings. The second-order valence-electron chi connectivity index (χ2n) is 10.5. The number of anilines is 1. The predicted molar refractivity (Wildman–Crippen MR) is 143 cm³/mol. The average molecular weight is 568 g/mol. The highest BCUT2D eigenvalue weighted by Crippen LogP contribution is 2.46. The van der Waals surface area contributed by atoms with Gasteiger partial charge in [-0.1, -0.05) is 17.7 Å². The number of fused-ring (bicyclic) bond motifs is 4. The van der Waals surface area contributed by atoms with Crippen LogP contribution in [0.1, 0.15) is 31.2 Å². The normalized spacial score (nSPS) is 22.4. The first-order valence-electron chi connectivity index (χ1n) is 13.0. The fraction of sp³-hybridized carbons (Fsp3) is 0.357. The zero-order valence-electron chi connectivity index (χ0n) is 21.8. The molecule has 7 rings (SSSR count). The minimum atomic E-state index is -4.25. The van der Waals surface area contributed by atoms with Gasteiger partial charge in [0.2, 0.25) is 0 Å². The van der Waals surface area contributed by atoms with Gasteiger partial charge in [-0.15, -0.1) is 5.10 Å². The van der Waals surface area contributed by atoms with Crippen molar-refractivity contribution in [2.75, 3.05) is 12.4 Å². The molecule has 2 aromatic heterocycles. The van der Waals surface area contributed by atoms with Crippen LogP contribution in [0, 0.1) is 36.3 Å². The third kappa shape index (κ3) is 4.40. The summed E-state index contributed by atoms with van der Waals surface area (Å²) in [5, 5.41) is 11.4. The molecule has 0 unspecified atom stereocenters. The molecule has 2 atom stereocenters. The molecule has 3 saturated carbocycles. The van der Waals surface area contributed by atoms with Gasteiger partial charge in [0.15, 0.2) is 11.6 Å². The maximum Gasteiger partial charge on any atom is 0.311 e. The summed E-state index contributed by atoms with van der Waals surface area (Å²) >= 11 is 0. The molecule has 1 N–H and O–H groups in total. The number of aromatic nitrogens is 4. The Bertz CT molecular complexity index is 1720. The molecule has 2 aromatic carbocycles. The Balaban J connectivity index is 1.43. The van der Waals surface area contributed by atoms with E-state index in [1.165, 1.54) is 31.6 Å². The summed E-state index contributed by atoms with van der Waals surface area (Å²) in [5.74, 6) is -1.77. The number of aryl methyl sites for hydroxylation is 1. The van der Waals surface area contributed by atoms with Crippen LogP contribution in [-0.2, 0) is 19.6 Å². The Morgan fingerprint density at radius 1 is 1.07 bits per heavy atom. The molecule has 9 nitrogen and oxygen atoms in total. The van der Waals surface area contributed by atoms with Crippen LogP contribution in [0.3, 0.4) is 0 Å². The van der Waals surface area contributed by atoms with Crippen LogP contribution >= 0.6 is 0 Å². The van der Waals surface area contributed by atoms with Gasteiger partial charge in [0.1, 0.15) is 17.2 Å². The lowest BCUT2D eigenvalue weighted by molar-refractivity contribution is -0.152. The van der Waals surface area contributed by atoms with E-state index in [-0.39, 0.29) is 57.0 Å². The molecule has 0 saturated heterocycles. The van der Waals surface area contributed by atoms with Crippen molar-refractivity contribution in [2.24, 2.45) is 17.8 Å². The first kappa shape index (κ1) is 26.3. The molecule has 0 amide bonds. The molecule has 0 radical (unpaired) electrons. The van der Waals surface area contributed by atoms with E-state index in [0.29, 0.717) is 11.9 Å². The zero-order valence-corrected chi connectivity index (χ0v) is 22.7. The van der Waals surface area contributed by atoms with E-state index in [1.54, 1.807) is 12.1 Å².